The minimum absolute atomic E-state index is 0.0460. The van der Waals surface area contributed by atoms with Gasteiger partial charge in [0.2, 0.25) is 0 Å². The lowest BCUT2D eigenvalue weighted by Gasteiger charge is -2.22. The standard InChI is InChI=1S/C19H39NO7/c1-20(2)6-8-21-9-10-22-11-12-23-13-14-24-15-16-25-17-18-27-19-5-3-4-7-26-19/h19H,3-18H2,1-2H3. The molecule has 0 aliphatic carbocycles. The van der Waals surface area contributed by atoms with Crippen LogP contribution in [0.1, 0.15) is 19.3 Å². The van der Waals surface area contributed by atoms with Crippen molar-refractivity contribution in [2.45, 2.75) is 25.6 Å². The molecule has 162 valence electrons. The SMILES string of the molecule is CN(C)CCOCCOCCOCCOCCOCCOC1CCCCO1. The molecule has 0 N–H and O–H groups in total. The first-order valence-corrected chi connectivity index (χ1v) is 10.1. The Morgan fingerprint density at radius 3 is 1.59 bits per heavy atom. The smallest absolute Gasteiger partial charge is 0.157 e. The van der Waals surface area contributed by atoms with Gasteiger partial charge in [0.05, 0.1) is 72.7 Å². The van der Waals surface area contributed by atoms with Crippen molar-refractivity contribution >= 4 is 0 Å². The number of ether oxygens (including phenoxy) is 7. The highest BCUT2D eigenvalue weighted by molar-refractivity contribution is 4.53. The molecule has 0 saturated carbocycles. The predicted molar refractivity (Wildman–Crippen MR) is 102 cm³/mol. The largest absolute Gasteiger partial charge is 0.378 e. The summed E-state index contributed by atoms with van der Waals surface area (Å²) in [6.45, 7) is 8.20. The minimum Gasteiger partial charge on any atom is -0.378 e. The van der Waals surface area contributed by atoms with Crippen LogP contribution < -0.4 is 0 Å². The summed E-state index contributed by atoms with van der Waals surface area (Å²) >= 11 is 0. The van der Waals surface area contributed by atoms with E-state index in [1.165, 1.54) is 6.42 Å². The van der Waals surface area contributed by atoms with E-state index >= 15 is 0 Å². The van der Waals surface area contributed by atoms with E-state index in [9.17, 15) is 0 Å². The average Bonchev–Trinajstić information content (AvgIpc) is 2.67. The lowest BCUT2D eigenvalue weighted by atomic mass is 10.2. The zero-order chi connectivity index (χ0) is 19.4. The second kappa shape index (κ2) is 19.0. The number of nitrogens with zero attached hydrogens (tertiary/aromatic N) is 1. The first kappa shape index (κ1) is 24.7. The van der Waals surface area contributed by atoms with Crippen LogP contribution in [-0.2, 0) is 33.2 Å². The first-order chi connectivity index (χ1) is 13.3. The van der Waals surface area contributed by atoms with Gasteiger partial charge in [0.1, 0.15) is 0 Å². The lowest BCUT2D eigenvalue weighted by molar-refractivity contribution is -0.169. The Balaban J connectivity index is 1.65. The molecule has 1 atom stereocenters. The molecule has 1 unspecified atom stereocenters. The van der Waals surface area contributed by atoms with Crippen molar-refractivity contribution in [3.8, 4) is 0 Å². The number of hydrogen-bond acceptors (Lipinski definition) is 8. The lowest BCUT2D eigenvalue weighted by Crippen LogP contribution is -2.24. The Kier molecular flexibility index (Phi) is 17.4. The topological polar surface area (TPSA) is 67.9 Å². The Bertz CT molecular complexity index is 302. The fraction of sp³-hybridized carbons (Fsp3) is 1.00. The average molecular weight is 394 g/mol. The van der Waals surface area contributed by atoms with Crippen molar-refractivity contribution in [1.82, 2.24) is 4.90 Å². The van der Waals surface area contributed by atoms with Gasteiger partial charge in [-0.25, -0.2) is 0 Å². The van der Waals surface area contributed by atoms with Crippen molar-refractivity contribution in [3.63, 3.8) is 0 Å². The van der Waals surface area contributed by atoms with Crippen LogP contribution in [0.3, 0.4) is 0 Å². The molecule has 1 aliphatic heterocycles. The van der Waals surface area contributed by atoms with E-state index < -0.39 is 0 Å². The fourth-order valence-corrected chi connectivity index (χ4v) is 2.31. The molecule has 0 aromatic heterocycles. The normalized spacial score (nSPS) is 17.7. The number of rotatable bonds is 19. The van der Waals surface area contributed by atoms with Gasteiger partial charge in [-0.15, -0.1) is 0 Å². The monoisotopic (exact) mass is 393 g/mol. The van der Waals surface area contributed by atoms with Gasteiger partial charge < -0.3 is 38.1 Å². The van der Waals surface area contributed by atoms with Crippen LogP contribution in [0.15, 0.2) is 0 Å². The molecule has 1 saturated heterocycles. The second-order valence-electron chi connectivity index (χ2n) is 6.53. The molecule has 27 heavy (non-hydrogen) atoms. The van der Waals surface area contributed by atoms with Gasteiger partial charge in [0.15, 0.2) is 6.29 Å². The van der Waals surface area contributed by atoms with Crippen LogP contribution in [0.2, 0.25) is 0 Å². The molecule has 0 aromatic carbocycles. The van der Waals surface area contributed by atoms with Gasteiger partial charge in [-0.1, -0.05) is 0 Å². The Hall–Kier alpha value is -0.320. The summed E-state index contributed by atoms with van der Waals surface area (Å²) in [5.74, 6) is 0. The summed E-state index contributed by atoms with van der Waals surface area (Å²) in [7, 11) is 4.05. The third kappa shape index (κ3) is 17.5. The van der Waals surface area contributed by atoms with Gasteiger partial charge >= 0.3 is 0 Å². The van der Waals surface area contributed by atoms with Crippen LogP contribution in [0.5, 0.6) is 0 Å². The summed E-state index contributed by atoms with van der Waals surface area (Å²) in [5.41, 5.74) is 0. The third-order valence-electron chi connectivity index (χ3n) is 3.84. The molecule has 0 spiro atoms. The summed E-state index contributed by atoms with van der Waals surface area (Å²) in [4.78, 5) is 2.09. The Labute approximate surface area is 164 Å². The maximum atomic E-state index is 5.58. The Morgan fingerprint density at radius 2 is 1.15 bits per heavy atom. The van der Waals surface area contributed by atoms with Crippen molar-refractivity contribution < 1.29 is 33.2 Å². The third-order valence-corrected chi connectivity index (χ3v) is 3.84. The highest BCUT2D eigenvalue weighted by Crippen LogP contribution is 2.13. The molecule has 8 heteroatoms. The molecule has 1 heterocycles. The molecule has 0 amide bonds. The number of hydrogen-bond donors (Lipinski definition) is 0. The van der Waals surface area contributed by atoms with E-state index in [0.29, 0.717) is 66.1 Å². The van der Waals surface area contributed by atoms with Crippen LogP contribution in [0.25, 0.3) is 0 Å². The van der Waals surface area contributed by atoms with Crippen LogP contribution in [-0.4, -0.2) is 111 Å². The van der Waals surface area contributed by atoms with Gasteiger partial charge in [-0.05, 0) is 33.4 Å². The van der Waals surface area contributed by atoms with Crippen LogP contribution in [0, 0.1) is 0 Å². The zero-order valence-corrected chi connectivity index (χ0v) is 17.2. The molecule has 1 fully saturated rings. The summed E-state index contributed by atoms with van der Waals surface area (Å²) in [5, 5.41) is 0. The van der Waals surface area contributed by atoms with E-state index in [1.807, 2.05) is 14.1 Å². The van der Waals surface area contributed by atoms with E-state index in [0.717, 1.165) is 32.6 Å². The minimum atomic E-state index is -0.0460. The molecule has 8 nitrogen and oxygen atoms in total. The molecular weight excluding hydrogens is 354 g/mol. The molecule has 0 bridgehead atoms. The summed E-state index contributed by atoms with van der Waals surface area (Å²) < 4.78 is 38.2. The van der Waals surface area contributed by atoms with E-state index in [4.69, 9.17) is 33.2 Å². The fourth-order valence-electron chi connectivity index (χ4n) is 2.31. The summed E-state index contributed by atoms with van der Waals surface area (Å²) in [6, 6.07) is 0. The predicted octanol–water partition coefficient (Wildman–Crippen LogP) is 1.17. The zero-order valence-electron chi connectivity index (χ0n) is 17.2. The molecule has 1 rings (SSSR count). The van der Waals surface area contributed by atoms with Gasteiger partial charge in [0.25, 0.3) is 0 Å². The van der Waals surface area contributed by atoms with Gasteiger partial charge in [-0.3, -0.25) is 0 Å². The van der Waals surface area contributed by atoms with E-state index in [-0.39, 0.29) is 6.29 Å². The maximum absolute atomic E-state index is 5.58. The van der Waals surface area contributed by atoms with Gasteiger partial charge in [0, 0.05) is 13.2 Å². The van der Waals surface area contributed by atoms with Crippen molar-refractivity contribution in [3.05, 3.63) is 0 Å². The Morgan fingerprint density at radius 1 is 0.667 bits per heavy atom. The molecule has 0 aromatic rings. The van der Waals surface area contributed by atoms with Crippen molar-refractivity contribution in [2.24, 2.45) is 0 Å². The van der Waals surface area contributed by atoms with Crippen LogP contribution >= 0.6 is 0 Å². The van der Waals surface area contributed by atoms with E-state index in [1.54, 1.807) is 0 Å². The highest BCUT2D eigenvalue weighted by Gasteiger charge is 2.13. The summed E-state index contributed by atoms with van der Waals surface area (Å²) in [6.07, 6.45) is 3.25. The van der Waals surface area contributed by atoms with E-state index in [2.05, 4.69) is 4.90 Å². The van der Waals surface area contributed by atoms with Crippen LogP contribution in [0.4, 0.5) is 0 Å². The number of likely N-dealkylation sites (N-methyl/N-ethyl adjacent to an activating group) is 1. The maximum Gasteiger partial charge on any atom is 0.157 e. The quantitative estimate of drug-likeness (QED) is 0.303. The molecule has 0 radical (unpaired) electrons. The first-order valence-electron chi connectivity index (χ1n) is 10.1. The van der Waals surface area contributed by atoms with Crippen molar-refractivity contribution in [2.75, 3.05) is 99.9 Å². The molecular formula is C19H39NO7. The molecule has 1 aliphatic rings. The van der Waals surface area contributed by atoms with Crippen molar-refractivity contribution in [1.29, 1.82) is 0 Å². The van der Waals surface area contributed by atoms with Gasteiger partial charge in [-0.2, -0.15) is 0 Å². The second-order valence-corrected chi connectivity index (χ2v) is 6.53. The highest BCUT2D eigenvalue weighted by atomic mass is 16.7.